The quantitative estimate of drug-likeness (QED) is 0.873. The summed E-state index contributed by atoms with van der Waals surface area (Å²) in [5.41, 5.74) is 2.51. The molecule has 0 aliphatic carbocycles. The lowest BCUT2D eigenvalue weighted by Crippen LogP contribution is -2.45. The molecule has 17 heavy (non-hydrogen) atoms. The Morgan fingerprint density at radius 2 is 2.24 bits per heavy atom. The van der Waals surface area contributed by atoms with E-state index in [1.807, 2.05) is 0 Å². The average Bonchev–Trinajstić information content (AvgIpc) is 2.54. The molecule has 1 aliphatic heterocycles. The maximum absolute atomic E-state index is 5.96. The van der Waals surface area contributed by atoms with Crippen LogP contribution in [0.2, 0.25) is 0 Å². The third kappa shape index (κ3) is 1.80. The summed E-state index contributed by atoms with van der Waals surface area (Å²) in [5, 5.41) is 4.55. The predicted molar refractivity (Wildman–Crippen MR) is 69.5 cm³/mol. The molecule has 0 unspecified atom stereocenters. The highest BCUT2D eigenvalue weighted by Gasteiger charge is 2.18. The van der Waals surface area contributed by atoms with Crippen LogP contribution in [0.3, 0.4) is 0 Å². The van der Waals surface area contributed by atoms with Gasteiger partial charge in [-0.15, -0.1) is 0 Å². The third-order valence-electron chi connectivity index (χ3n) is 3.50. The number of rotatable bonds is 3. The highest BCUT2D eigenvalue weighted by Crippen LogP contribution is 2.29. The second kappa shape index (κ2) is 4.08. The van der Waals surface area contributed by atoms with Crippen molar-refractivity contribution in [1.82, 2.24) is 9.88 Å². The minimum absolute atomic E-state index is 0.673. The zero-order chi connectivity index (χ0) is 11.8. The number of nitrogens with one attached hydrogen (secondary N) is 1. The maximum atomic E-state index is 5.96. The van der Waals surface area contributed by atoms with Gasteiger partial charge in [0.2, 0.25) is 0 Å². The van der Waals surface area contributed by atoms with E-state index in [1.165, 1.54) is 16.5 Å². The second-order valence-corrected chi connectivity index (χ2v) is 4.91. The fourth-order valence-corrected chi connectivity index (χ4v) is 2.42. The van der Waals surface area contributed by atoms with Gasteiger partial charge in [-0.1, -0.05) is 12.1 Å². The van der Waals surface area contributed by atoms with Crippen LogP contribution < -0.4 is 10.1 Å². The largest absolute Gasteiger partial charge is 0.491 e. The molecule has 0 radical (unpaired) electrons. The molecule has 1 aromatic heterocycles. The number of aromatic nitrogens is 1. The Bertz CT molecular complexity index is 540. The van der Waals surface area contributed by atoms with Crippen LogP contribution >= 0.6 is 0 Å². The lowest BCUT2D eigenvalue weighted by molar-refractivity contribution is 0.200. The number of para-hydroxylation sites is 1. The molecular weight excluding hydrogens is 212 g/mol. The standard InChI is InChI=1S/C14H18N2O/c1-10-8-16(2)14-12(10)4-3-5-13(14)17-9-11-6-15-7-11/h3-5,8,11,15H,6-7,9H2,1-2H3. The van der Waals surface area contributed by atoms with Crippen molar-refractivity contribution >= 4 is 10.9 Å². The Hall–Kier alpha value is -1.48. The van der Waals surface area contributed by atoms with Gasteiger partial charge in [0.25, 0.3) is 0 Å². The van der Waals surface area contributed by atoms with Crippen LogP contribution in [0.15, 0.2) is 24.4 Å². The Labute approximate surface area is 101 Å². The van der Waals surface area contributed by atoms with Crippen molar-refractivity contribution in [1.29, 1.82) is 0 Å². The van der Waals surface area contributed by atoms with Gasteiger partial charge >= 0.3 is 0 Å². The molecule has 2 aromatic rings. The van der Waals surface area contributed by atoms with Gasteiger partial charge in [-0.3, -0.25) is 0 Å². The molecule has 1 saturated heterocycles. The minimum Gasteiger partial charge on any atom is -0.491 e. The Morgan fingerprint density at radius 3 is 2.94 bits per heavy atom. The number of fused-ring (bicyclic) bond motifs is 1. The van der Waals surface area contributed by atoms with Crippen molar-refractivity contribution in [3.63, 3.8) is 0 Å². The van der Waals surface area contributed by atoms with Crippen molar-refractivity contribution in [3.05, 3.63) is 30.0 Å². The fraction of sp³-hybridized carbons (Fsp3) is 0.429. The first-order valence-corrected chi connectivity index (χ1v) is 6.14. The zero-order valence-corrected chi connectivity index (χ0v) is 10.4. The number of nitrogens with zero attached hydrogens (tertiary/aromatic N) is 1. The molecular formula is C14H18N2O. The Balaban J connectivity index is 1.92. The first kappa shape index (κ1) is 10.7. The molecule has 0 amide bonds. The molecule has 1 fully saturated rings. The zero-order valence-electron chi connectivity index (χ0n) is 10.4. The van der Waals surface area contributed by atoms with Crippen LogP contribution in [0.1, 0.15) is 5.56 Å². The van der Waals surface area contributed by atoms with E-state index < -0.39 is 0 Å². The molecule has 0 bridgehead atoms. The predicted octanol–water partition coefficient (Wildman–Crippen LogP) is 2.08. The molecule has 0 atom stereocenters. The summed E-state index contributed by atoms with van der Waals surface area (Å²) in [4.78, 5) is 0. The molecule has 1 aliphatic rings. The molecule has 1 N–H and O–H groups in total. The van der Waals surface area contributed by atoms with Gasteiger partial charge in [0.15, 0.2) is 0 Å². The SMILES string of the molecule is Cc1cn(C)c2c(OCC3CNC3)cccc12. The van der Waals surface area contributed by atoms with Crippen molar-refractivity contribution in [2.45, 2.75) is 6.92 Å². The average molecular weight is 230 g/mol. The summed E-state index contributed by atoms with van der Waals surface area (Å²) in [6, 6.07) is 6.29. The fourth-order valence-electron chi connectivity index (χ4n) is 2.42. The number of hydrogen-bond acceptors (Lipinski definition) is 2. The number of ether oxygens (including phenoxy) is 1. The second-order valence-electron chi connectivity index (χ2n) is 4.91. The van der Waals surface area contributed by atoms with Crippen molar-refractivity contribution in [2.24, 2.45) is 13.0 Å². The molecule has 90 valence electrons. The van der Waals surface area contributed by atoms with Crippen LogP contribution in [0.4, 0.5) is 0 Å². The van der Waals surface area contributed by atoms with Crippen LogP contribution in [-0.4, -0.2) is 24.3 Å². The number of aryl methyl sites for hydroxylation is 2. The monoisotopic (exact) mass is 230 g/mol. The highest BCUT2D eigenvalue weighted by molar-refractivity contribution is 5.88. The molecule has 2 heterocycles. The highest BCUT2D eigenvalue weighted by atomic mass is 16.5. The van der Waals surface area contributed by atoms with Gasteiger partial charge in [-0.25, -0.2) is 0 Å². The topological polar surface area (TPSA) is 26.2 Å². The molecule has 3 heteroatoms. The molecule has 3 nitrogen and oxygen atoms in total. The van der Waals surface area contributed by atoms with Crippen molar-refractivity contribution in [2.75, 3.05) is 19.7 Å². The first-order valence-electron chi connectivity index (χ1n) is 6.14. The molecule has 3 rings (SSSR count). The Morgan fingerprint density at radius 1 is 1.41 bits per heavy atom. The number of benzene rings is 1. The van der Waals surface area contributed by atoms with Gasteiger partial charge in [0, 0.05) is 37.6 Å². The van der Waals surface area contributed by atoms with Gasteiger partial charge in [-0.2, -0.15) is 0 Å². The number of hydrogen-bond donors (Lipinski definition) is 1. The van der Waals surface area contributed by atoms with E-state index in [0.29, 0.717) is 5.92 Å². The van der Waals surface area contributed by atoms with Crippen molar-refractivity contribution < 1.29 is 4.74 Å². The third-order valence-corrected chi connectivity index (χ3v) is 3.50. The van der Waals surface area contributed by atoms with E-state index in [0.717, 1.165) is 25.4 Å². The van der Waals surface area contributed by atoms with Crippen LogP contribution in [0.25, 0.3) is 10.9 Å². The summed E-state index contributed by atoms with van der Waals surface area (Å²) in [6.45, 7) is 5.13. The van der Waals surface area contributed by atoms with Crippen LogP contribution in [-0.2, 0) is 7.05 Å². The smallest absolute Gasteiger partial charge is 0.143 e. The van der Waals surface area contributed by atoms with Crippen LogP contribution in [0.5, 0.6) is 5.75 Å². The maximum Gasteiger partial charge on any atom is 0.143 e. The summed E-state index contributed by atoms with van der Waals surface area (Å²) in [6.07, 6.45) is 2.16. The van der Waals surface area contributed by atoms with Gasteiger partial charge in [0.05, 0.1) is 12.1 Å². The van der Waals surface area contributed by atoms with Gasteiger partial charge < -0.3 is 14.6 Å². The van der Waals surface area contributed by atoms with Gasteiger partial charge in [0.1, 0.15) is 5.75 Å². The van der Waals surface area contributed by atoms with E-state index in [-0.39, 0.29) is 0 Å². The lowest BCUT2D eigenvalue weighted by atomic mass is 10.1. The molecule has 0 spiro atoms. The van der Waals surface area contributed by atoms with Gasteiger partial charge in [-0.05, 0) is 18.6 Å². The van der Waals surface area contributed by atoms with Crippen molar-refractivity contribution in [3.8, 4) is 5.75 Å². The Kier molecular flexibility index (Phi) is 2.56. The van der Waals surface area contributed by atoms with E-state index in [1.54, 1.807) is 0 Å². The van der Waals surface area contributed by atoms with Crippen LogP contribution in [0, 0.1) is 12.8 Å². The summed E-state index contributed by atoms with van der Waals surface area (Å²) < 4.78 is 8.11. The van der Waals surface area contributed by atoms with E-state index in [9.17, 15) is 0 Å². The summed E-state index contributed by atoms with van der Waals surface area (Å²) in [5.74, 6) is 1.68. The normalized spacial score (nSPS) is 16.1. The first-order chi connectivity index (χ1) is 8.25. The van der Waals surface area contributed by atoms with E-state index >= 15 is 0 Å². The minimum atomic E-state index is 0.673. The lowest BCUT2D eigenvalue weighted by Gasteiger charge is -2.27. The summed E-state index contributed by atoms with van der Waals surface area (Å²) in [7, 11) is 2.08. The molecule has 0 saturated carbocycles. The summed E-state index contributed by atoms with van der Waals surface area (Å²) >= 11 is 0. The molecule has 1 aromatic carbocycles. The van der Waals surface area contributed by atoms with E-state index in [2.05, 4.69) is 48.3 Å². The van der Waals surface area contributed by atoms with E-state index in [4.69, 9.17) is 4.74 Å².